The Morgan fingerprint density at radius 1 is 1.29 bits per heavy atom. The van der Waals surface area contributed by atoms with Crippen LogP contribution in [0.15, 0.2) is 29.4 Å². The van der Waals surface area contributed by atoms with Crippen LogP contribution in [0.4, 0.5) is 0 Å². The summed E-state index contributed by atoms with van der Waals surface area (Å²) in [5.41, 5.74) is 1.34. The summed E-state index contributed by atoms with van der Waals surface area (Å²) in [7, 11) is 0. The number of ketones is 1. The number of carboxylic acid groups (broad SMARTS) is 1. The molecule has 1 aliphatic rings. The van der Waals surface area contributed by atoms with E-state index in [0.29, 0.717) is 31.5 Å². The Balaban J connectivity index is 0.00000392. The Hall–Kier alpha value is -2.78. The lowest BCUT2D eigenvalue weighted by Crippen LogP contribution is -2.42. The topological polar surface area (TPSA) is 154 Å². The van der Waals surface area contributed by atoms with E-state index in [0.717, 1.165) is 5.56 Å². The van der Waals surface area contributed by atoms with Crippen LogP contribution in [-0.2, 0) is 14.3 Å². The van der Waals surface area contributed by atoms with E-state index in [2.05, 4.69) is 5.10 Å². The van der Waals surface area contributed by atoms with Gasteiger partial charge in [-0.05, 0) is 18.4 Å². The summed E-state index contributed by atoms with van der Waals surface area (Å²) in [6, 6.07) is 6.90. The molecule has 1 atom stereocenters. The number of carboxylic acids is 1. The van der Waals surface area contributed by atoms with Crippen molar-refractivity contribution in [3.05, 3.63) is 35.4 Å². The molecule has 154 valence electrons. The van der Waals surface area contributed by atoms with Crippen LogP contribution in [0, 0.1) is 5.92 Å². The molecule has 0 saturated carbocycles. The molecule has 1 fully saturated rings. The third kappa shape index (κ3) is 6.75. The average molecular weight is 393 g/mol. The first-order valence-corrected chi connectivity index (χ1v) is 8.89. The number of rotatable bonds is 8. The van der Waals surface area contributed by atoms with E-state index >= 15 is 0 Å². The maximum atomic E-state index is 12.5. The van der Waals surface area contributed by atoms with Gasteiger partial charge < -0.3 is 26.1 Å². The number of carbonyl (C=O) groups is 3. The highest BCUT2D eigenvalue weighted by molar-refractivity contribution is 6.00. The molecule has 1 aromatic rings. The number of hydrazone groups is 1. The molecule has 0 aromatic heterocycles. The van der Waals surface area contributed by atoms with Crippen molar-refractivity contribution in [3.8, 4) is 0 Å². The van der Waals surface area contributed by atoms with Gasteiger partial charge in [0.15, 0.2) is 5.78 Å². The molecule has 0 aliphatic carbocycles. The predicted octanol–water partition coefficient (Wildman–Crippen LogP) is 0.456. The molecular formula is C19H27N3O6. The molecule has 1 aromatic carbocycles. The minimum Gasteiger partial charge on any atom is -0.480 e. The number of benzene rings is 1. The standard InChI is InChI=1S/C19H25N3O5.H2O/c1-13(19(26)15-4-2-14(3-5-15)11-21-20)10-17(23)22-8-6-16(7-9-22)27-12-18(24)25;/h2-5,11,13,16H,6-10,12,20H2,1H3,(H,24,25);1H2. The molecule has 1 heterocycles. The summed E-state index contributed by atoms with van der Waals surface area (Å²) in [5.74, 6) is 3.52. The van der Waals surface area contributed by atoms with Gasteiger partial charge in [-0.25, -0.2) is 4.79 Å². The number of hydrogen-bond acceptors (Lipinski definition) is 6. The molecule has 1 aliphatic heterocycles. The van der Waals surface area contributed by atoms with Gasteiger partial charge in [-0.3, -0.25) is 9.59 Å². The van der Waals surface area contributed by atoms with E-state index in [1.54, 1.807) is 36.1 Å². The van der Waals surface area contributed by atoms with Crippen LogP contribution in [0.1, 0.15) is 42.1 Å². The van der Waals surface area contributed by atoms with Crippen molar-refractivity contribution in [2.45, 2.75) is 32.3 Å². The second-order valence-corrected chi connectivity index (χ2v) is 6.65. The molecule has 0 spiro atoms. The molecule has 9 nitrogen and oxygen atoms in total. The number of aliphatic carboxylic acids is 1. The summed E-state index contributed by atoms with van der Waals surface area (Å²) in [4.78, 5) is 37.2. The van der Waals surface area contributed by atoms with Gasteiger partial charge in [0.05, 0.1) is 12.3 Å². The number of likely N-dealkylation sites (tertiary alicyclic amines) is 1. The number of nitrogens with zero attached hydrogens (tertiary/aromatic N) is 2. The van der Waals surface area contributed by atoms with Crippen molar-refractivity contribution >= 4 is 23.9 Å². The Morgan fingerprint density at radius 2 is 1.89 bits per heavy atom. The lowest BCUT2D eigenvalue weighted by atomic mass is 9.95. The van der Waals surface area contributed by atoms with Gasteiger partial charge >= 0.3 is 5.97 Å². The van der Waals surface area contributed by atoms with Crippen molar-refractivity contribution in [2.75, 3.05) is 19.7 Å². The first kappa shape index (κ1) is 23.3. The molecule has 1 saturated heterocycles. The number of hydrogen-bond donors (Lipinski definition) is 2. The van der Waals surface area contributed by atoms with Gasteiger partial charge in [-0.2, -0.15) is 5.10 Å². The van der Waals surface area contributed by atoms with Gasteiger partial charge in [0.2, 0.25) is 5.91 Å². The number of carbonyl (C=O) groups excluding carboxylic acids is 2. The Kier molecular flexibility index (Phi) is 9.26. The van der Waals surface area contributed by atoms with Gasteiger partial charge in [0, 0.05) is 31.0 Å². The number of piperidine rings is 1. The molecule has 0 bridgehead atoms. The SMILES string of the molecule is CC(CC(=O)N1CCC(OCC(=O)O)CC1)C(=O)c1ccc(C=NN)cc1.O. The van der Waals surface area contributed by atoms with E-state index in [-0.39, 0.29) is 36.3 Å². The second-order valence-electron chi connectivity index (χ2n) is 6.65. The molecule has 0 radical (unpaired) electrons. The van der Waals surface area contributed by atoms with E-state index in [9.17, 15) is 14.4 Å². The molecule has 9 heteroatoms. The lowest BCUT2D eigenvalue weighted by Gasteiger charge is -2.32. The fraction of sp³-hybridized carbons (Fsp3) is 0.474. The smallest absolute Gasteiger partial charge is 0.329 e. The number of nitrogens with two attached hydrogens (primary N) is 1. The zero-order valence-corrected chi connectivity index (χ0v) is 15.8. The van der Waals surface area contributed by atoms with Crippen LogP contribution in [0.25, 0.3) is 0 Å². The summed E-state index contributed by atoms with van der Waals surface area (Å²) in [5, 5.41) is 12.1. The van der Waals surface area contributed by atoms with Crippen LogP contribution in [0.5, 0.6) is 0 Å². The highest BCUT2D eigenvalue weighted by atomic mass is 16.5. The summed E-state index contributed by atoms with van der Waals surface area (Å²) in [6.45, 7) is 2.45. The Labute approximate surface area is 163 Å². The molecular weight excluding hydrogens is 366 g/mol. The molecule has 2 rings (SSSR count). The predicted molar refractivity (Wildman–Crippen MR) is 103 cm³/mol. The van der Waals surface area contributed by atoms with Crippen molar-refractivity contribution < 1.29 is 29.7 Å². The number of amides is 1. The maximum absolute atomic E-state index is 12.5. The van der Waals surface area contributed by atoms with E-state index in [1.165, 1.54) is 6.21 Å². The van der Waals surface area contributed by atoms with Crippen LogP contribution in [0.2, 0.25) is 0 Å². The van der Waals surface area contributed by atoms with E-state index in [4.69, 9.17) is 15.7 Å². The lowest BCUT2D eigenvalue weighted by molar-refractivity contribution is -0.147. The second kappa shape index (κ2) is 11.2. The van der Waals surface area contributed by atoms with Gasteiger partial charge in [0.25, 0.3) is 0 Å². The quantitative estimate of drug-likeness (QED) is 0.283. The molecule has 5 N–H and O–H groups in total. The Bertz CT molecular complexity index is 696. The Morgan fingerprint density at radius 3 is 2.43 bits per heavy atom. The zero-order chi connectivity index (χ0) is 19.8. The fourth-order valence-corrected chi connectivity index (χ4v) is 3.05. The fourth-order valence-electron chi connectivity index (χ4n) is 3.05. The van der Waals surface area contributed by atoms with Crippen molar-refractivity contribution in [2.24, 2.45) is 16.9 Å². The highest BCUT2D eigenvalue weighted by Gasteiger charge is 2.26. The van der Waals surface area contributed by atoms with Crippen molar-refractivity contribution in [1.82, 2.24) is 4.90 Å². The maximum Gasteiger partial charge on any atom is 0.329 e. The largest absolute Gasteiger partial charge is 0.480 e. The molecule has 1 amide bonds. The third-order valence-electron chi connectivity index (χ3n) is 4.58. The zero-order valence-electron chi connectivity index (χ0n) is 15.8. The third-order valence-corrected chi connectivity index (χ3v) is 4.58. The van der Waals surface area contributed by atoms with Crippen LogP contribution >= 0.6 is 0 Å². The molecule has 28 heavy (non-hydrogen) atoms. The minimum atomic E-state index is -0.996. The average Bonchev–Trinajstić information content (AvgIpc) is 2.67. The summed E-state index contributed by atoms with van der Waals surface area (Å²) in [6.07, 6.45) is 2.70. The van der Waals surface area contributed by atoms with Crippen LogP contribution in [0.3, 0.4) is 0 Å². The van der Waals surface area contributed by atoms with Gasteiger partial charge in [-0.15, -0.1) is 0 Å². The van der Waals surface area contributed by atoms with E-state index < -0.39 is 11.9 Å². The minimum absolute atomic E-state index is 0. The van der Waals surface area contributed by atoms with Crippen LogP contribution < -0.4 is 5.84 Å². The first-order valence-electron chi connectivity index (χ1n) is 8.89. The molecule has 1 unspecified atom stereocenters. The normalized spacial score (nSPS) is 15.8. The monoisotopic (exact) mass is 393 g/mol. The number of ether oxygens (including phenoxy) is 1. The van der Waals surface area contributed by atoms with E-state index in [1.807, 2.05) is 0 Å². The van der Waals surface area contributed by atoms with Gasteiger partial charge in [-0.1, -0.05) is 31.2 Å². The van der Waals surface area contributed by atoms with Crippen molar-refractivity contribution in [1.29, 1.82) is 0 Å². The number of Topliss-reactive ketones (excluding diaryl/α,β-unsaturated/α-hetero) is 1. The van der Waals surface area contributed by atoms with Crippen molar-refractivity contribution in [3.63, 3.8) is 0 Å². The highest BCUT2D eigenvalue weighted by Crippen LogP contribution is 2.18. The summed E-state index contributed by atoms with van der Waals surface area (Å²) < 4.78 is 5.27. The first-order chi connectivity index (χ1) is 12.9. The van der Waals surface area contributed by atoms with Gasteiger partial charge in [0.1, 0.15) is 6.61 Å². The summed E-state index contributed by atoms with van der Waals surface area (Å²) >= 11 is 0. The van der Waals surface area contributed by atoms with Crippen LogP contribution in [-0.4, -0.2) is 65.2 Å².